The van der Waals surface area contributed by atoms with Gasteiger partial charge in [0.2, 0.25) is 5.60 Å². The Bertz CT molecular complexity index is 521. The second-order valence-corrected chi connectivity index (χ2v) is 4.53. The van der Waals surface area contributed by atoms with Crippen LogP contribution in [0.5, 0.6) is 0 Å². The van der Waals surface area contributed by atoms with E-state index in [0.717, 1.165) is 0 Å². The van der Waals surface area contributed by atoms with Crippen LogP contribution in [0.15, 0.2) is 29.1 Å². The van der Waals surface area contributed by atoms with Gasteiger partial charge in [0, 0.05) is 25.9 Å². The van der Waals surface area contributed by atoms with Crippen molar-refractivity contribution in [3.63, 3.8) is 0 Å². The minimum Gasteiger partial charge on any atom is -0.479 e. The third-order valence-electron chi connectivity index (χ3n) is 3.49. The normalized spacial score (nSPS) is 29.8. The Morgan fingerprint density at radius 2 is 2.33 bits per heavy atom. The van der Waals surface area contributed by atoms with Crippen LogP contribution in [0.1, 0.15) is 12.8 Å². The number of carbonyl (C=O) groups excluding carboxylic acids is 2. The first-order valence-electron chi connectivity index (χ1n) is 5.84. The number of amidine groups is 1. The summed E-state index contributed by atoms with van der Waals surface area (Å²) in [6.07, 6.45) is 6.12. The second-order valence-electron chi connectivity index (χ2n) is 4.53. The van der Waals surface area contributed by atoms with Crippen molar-refractivity contribution in [2.75, 3.05) is 13.1 Å². The Kier molecular flexibility index (Phi) is 2.26. The van der Waals surface area contributed by atoms with Crippen LogP contribution in [-0.2, 0) is 14.3 Å². The van der Waals surface area contributed by atoms with E-state index in [2.05, 4.69) is 4.99 Å². The lowest BCUT2D eigenvalue weighted by Crippen LogP contribution is -2.61. The van der Waals surface area contributed by atoms with Gasteiger partial charge in [0.25, 0.3) is 5.91 Å². The molecule has 1 amide bonds. The first kappa shape index (κ1) is 11.0. The zero-order chi connectivity index (χ0) is 12.8. The lowest BCUT2D eigenvalue weighted by molar-refractivity contribution is -0.142. The molecule has 1 saturated carbocycles. The Labute approximate surface area is 104 Å². The van der Waals surface area contributed by atoms with E-state index >= 15 is 0 Å². The van der Waals surface area contributed by atoms with Crippen molar-refractivity contribution in [1.29, 1.82) is 0 Å². The summed E-state index contributed by atoms with van der Waals surface area (Å²) in [4.78, 5) is 29.2. The topological polar surface area (TPSA) is 85.0 Å². The quantitative estimate of drug-likeness (QED) is 0.690. The molecule has 18 heavy (non-hydrogen) atoms. The highest BCUT2D eigenvalue weighted by molar-refractivity contribution is 6.17. The van der Waals surface area contributed by atoms with E-state index in [1.807, 2.05) is 11.0 Å². The Morgan fingerprint density at radius 1 is 1.50 bits per heavy atom. The average molecular weight is 247 g/mol. The van der Waals surface area contributed by atoms with Gasteiger partial charge in [-0.2, -0.15) is 0 Å². The molecule has 3 aliphatic rings. The fourth-order valence-corrected chi connectivity index (χ4v) is 2.38. The van der Waals surface area contributed by atoms with Crippen molar-refractivity contribution < 1.29 is 14.3 Å². The van der Waals surface area contributed by atoms with Gasteiger partial charge in [0.15, 0.2) is 11.6 Å². The summed E-state index contributed by atoms with van der Waals surface area (Å²) in [6, 6.07) is 0. The van der Waals surface area contributed by atoms with E-state index in [0.29, 0.717) is 31.8 Å². The highest BCUT2D eigenvalue weighted by Gasteiger charge is 2.55. The molecule has 0 aromatic carbocycles. The molecule has 1 spiro atoms. The third-order valence-corrected chi connectivity index (χ3v) is 3.49. The number of aliphatic imine (C=N–C) groups is 1. The fraction of sp³-hybridized carbons (Fsp3) is 0.417. The van der Waals surface area contributed by atoms with Crippen LogP contribution in [0.4, 0.5) is 0 Å². The van der Waals surface area contributed by atoms with Gasteiger partial charge < -0.3 is 15.4 Å². The predicted octanol–water partition coefficient (Wildman–Crippen LogP) is -0.285. The molecular weight excluding hydrogens is 234 g/mol. The molecule has 0 bridgehead atoms. The molecule has 1 unspecified atom stereocenters. The van der Waals surface area contributed by atoms with Gasteiger partial charge in [0.1, 0.15) is 5.70 Å². The van der Waals surface area contributed by atoms with Crippen LogP contribution in [-0.4, -0.2) is 41.1 Å². The number of hydrogen-bond donors (Lipinski definition) is 1. The maximum atomic E-state index is 11.9. The summed E-state index contributed by atoms with van der Waals surface area (Å²) in [7, 11) is 0. The number of primary amides is 1. The number of fused-ring (bicyclic) bond motifs is 2. The average Bonchev–Trinajstić information content (AvgIpc) is 2.57. The van der Waals surface area contributed by atoms with Gasteiger partial charge in [-0.05, 0) is 12.2 Å². The van der Waals surface area contributed by atoms with Crippen molar-refractivity contribution in [3.05, 3.63) is 24.1 Å². The van der Waals surface area contributed by atoms with Gasteiger partial charge in [0.05, 0.1) is 6.26 Å². The molecule has 6 nitrogen and oxygen atoms in total. The van der Waals surface area contributed by atoms with Crippen LogP contribution < -0.4 is 5.73 Å². The number of hydrogen-bond acceptors (Lipinski definition) is 5. The van der Waals surface area contributed by atoms with Gasteiger partial charge in [-0.3, -0.25) is 9.59 Å². The van der Waals surface area contributed by atoms with Gasteiger partial charge in [-0.1, -0.05) is 0 Å². The van der Waals surface area contributed by atoms with Crippen molar-refractivity contribution in [3.8, 4) is 0 Å². The number of ether oxygens (including phenoxy) is 1. The molecule has 2 N–H and O–H groups in total. The molecule has 3 rings (SSSR count). The molecule has 0 aromatic rings. The van der Waals surface area contributed by atoms with E-state index in [1.165, 1.54) is 0 Å². The monoisotopic (exact) mass is 247 g/mol. The second kappa shape index (κ2) is 3.69. The molecule has 94 valence electrons. The first-order valence-corrected chi connectivity index (χ1v) is 5.84. The molecule has 0 aromatic heterocycles. The molecule has 2 aliphatic heterocycles. The number of amides is 1. The SMILES string of the molecule is NC(=O)C1=CCN2CC=COC3(CCC3=O)C2=N1. The van der Waals surface area contributed by atoms with E-state index in [9.17, 15) is 9.59 Å². The maximum absolute atomic E-state index is 11.9. The molecule has 0 radical (unpaired) electrons. The zero-order valence-electron chi connectivity index (χ0n) is 9.76. The van der Waals surface area contributed by atoms with Crippen LogP contribution >= 0.6 is 0 Å². The van der Waals surface area contributed by atoms with Gasteiger partial charge in [-0.25, -0.2) is 4.99 Å². The predicted molar refractivity (Wildman–Crippen MR) is 63.5 cm³/mol. The molecule has 1 fully saturated rings. The molecule has 2 heterocycles. The summed E-state index contributed by atoms with van der Waals surface area (Å²) >= 11 is 0. The summed E-state index contributed by atoms with van der Waals surface area (Å²) in [5, 5.41) is 0. The number of rotatable bonds is 1. The lowest BCUT2D eigenvalue weighted by atomic mass is 9.76. The zero-order valence-corrected chi connectivity index (χ0v) is 9.76. The molecule has 1 aliphatic carbocycles. The highest BCUT2D eigenvalue weighted by Crippen LogP contribution is 2.37. The maximum Gasteiger partial charge on any atom is 0.267 e. The Balaban J connectivity index is 2.04. The smallest absolute Gasteiger partial charge is 0.267 e. The van der Waals surface area contributed by atoms with E-state index in [4.69, 9.17) is 10.5 Å². The van der Waals surface area contributed by atoms with Crippen molar-refractivity contribution in [2.45, 2.75) is 18.4 Å². The number of nitrogens with zero attached hydrogens (tertiary/aromatic N) is 2. The number of Topliss-reactive ketones (excluding diaryl/α,β-unsaturated/α-hetero) is 1. The van der Waals surface area contributed by atoms with E-state index < -0.39 is 11.5 Å². The lowest BCUT2D eigenvalue weighted by Gasteiger charge is -2.42. The molecular formula is C12H13N3O3. The van der Waals surface area contributed by atoms with E-state index in [1.54, 1.807) is 12.3 Å². The summed E-state index contributed by atoms with van der Waals surface area (Å²) in [5.41, 5.74) is 4.44. The minimum atomic E-state index is -0.998. The number of carbonyl (C=O) groups is 2. The molecule has 6 heteroatoms. The number of nitrogens with two attached hydrogens (primary N) is 1. The van der Waals surface area contributed by atoms with Crippen molar-refractivity contribution in [1.82, 2.24) is 4.90 Å². The highest BCUT2D eigenvalue weighted by atomic mass is 16.5. The van der Waals surface area contributed by atoms with Crippen LogP contribution in [0.25, 0.3) is 0 Å². The van der Waals surface area contributed by atoms with Gasteiger partial charge in [-0.15, -0.1) is 0 Å². The van der Waals surface area contributed by atoms with Gasteiger partial charge >= 0.3 is 0 Å². The molecule has 1 atom stereocenters. The number of ketones is 1. The Hall–Kier alpha value is -2.11. The van der Waals surface area contributed by atoms with Crippen molar-refractivity contribution >= 4 is 17.5 Å². The summed E-state index contributed by atoms with van der Waals surface area (Å²) in [6.45, 7) is 1.12. The fourth-order valence-electron chi connectivity index (χ4n) is 2.38. The van der Waals surface area contributed by atoms with Crippen LogP contribution in [0, 0.1) is 0 Å². The van der Waals surface area contributed by atoms with Crippen LogP contribution in [0.2, 0.25) is 0 Å². The van der Waals surface area contributed by atoms with Crippen LogP contribution in [0.3, 0.4) is 0 Å². The minimum absolute atomic E-state index is 0.00326. The standard InChI is InChI=1S/C12H13N3O3/c13-10(17)8-3-6-15-5-1-7-18-12(11(15)14-8)4-2-9(12)16/h1,3,7H,2,4-6H2,(H2,13,17). The largest absolute Gasteiger partial charge is 0.479 e. The molecule has 0 saturated heterocycles. The first-order chi connectivity index (χ1) is 8.63. The Morgan fingerprint density at radius 3 is 2.94 bits per heavy atom. The third kappa shape index (κ3) is 1.38. The summed E-state index contributed by atoms with van der Waals surface area (Å²) < 4.78 is 5.55. The summed E-state index contributed by atoms with van der Waals surface area (Å²) in [5.74, 6) is -0.0650. The van der Waals surface area contributed by atoms with Crippen molar-refractivity contribution in [2.24, 2.45) is 10.7 Å². The van der Waals surface area contributed by atoms with E-state index in [-0.39, 0.29) is 11.5 Å².